The van der Waals surface area contributed by atoms with Gasteiger partial charge in [0.25, 0.3) is 0 Å². The first-order valence-electron chi connectivity index (χ1n) is 7.37. The van der Waals surface area contributed by atoms with E-state index in [4.69, 9.17) is 23.2 Å². The summed E-state index contributed by atoms with van der Waals surface area (Å²) in [4.78, 5) is 0. The van der Waals surface area contributed by atoms with Gasteiger partial charge in [-0.15, -0.1) is 0 Å². The number of hydrogen-bond acceptors (Lipinski definition) is 4. The van der Waals surface area contributed by atoms with Crippen LogP contribution in [0.25, 0.3) is 28.3 Å². The number of H-pyrrole nitrogens is 1. The smallest absolute Gasteiger partial charge is 0.214 e. The number of aromatic nitrogens is 5. The van der Waals surface area contributed by atoms with Crippen LogP contribution in [0.15, 0.2) is 66.9 Å². The lowest BCUT2D eigenvalue weighted by molar-refractivity contribution is 0.884. The van der Waals surface area contributed by atoms with Crippen LogP contribution in [0, 0.1) is 4.77 Å². The zero-order chi connectivity index (χ0) is 16.5. The molecule has 0 unspecified atom stereocenters. The normalized spacial score (nSPS) is 10.8. The van der Waals surface area contributed by atoms with E-state index in [9.17, 15) is 0 Å². The standard InChI is InChI=1S/C17H14N6S/c18-23-16(19-20-17(23)24)14-11-22(13-9-5-2-6-10-13)21-15(14)12-7-3-1-4-8-12/h1-11H,18H2,(H,20,24). The quantitative estimate of drug-likeness (QED) is 0.446. The van der Waals surface area contributed by atoms with Gasteiger partial charge in [0, 0.05) is 11.8 Å². The van der Waals surface area contributed by atoms with Gasteiger partial charge in [-0.1, -0.05) is 48.5 Å². The van der Waals surface area contributed by atoms with E-state index in [0.717, 1.165) is 22.5 Å². The molecule has 4 rings (SSSR count). The van der Waals surface area contributed by atoms with Crippen LogP contribution in [-0.4, -0.2) is 24.7 Å². The fraction of sp³-hybridized carbons (Fsp3) is 0. The molecule has 0 aliphatic heterocycles. The Bertz CT molecular complexity index is 1030. The summed E-state index contributed by atoms with van der Waals surface area (Å²) in [5.74, 6) is 6.55. The van der Waals surface area contributed by atoms with E-state index in [-0.39, 0.29) is 0 Å². The van der Waals surface area contributed by atoms with E-state index in [0.29, 0.717) is 10.6 Å². The van der Waals surface area contributed by atoms with Crippen LogP contribution in [0.2, 0.25) is 0 Å². The molecular weight excluding hydrogens is 320 g/mol. The molecule has 24 heavy (non-hydrogen) atoms. The first kappa shape index (κ1) is 14.4. The second-order valence-corrected chi connectivity index (χ2v) is 5.65. The van der Waals surface area contributed by atoms with Crippen LogP contribution in [-0.2, 0) is 0 Å². The maximum absolute atomic E-state index is 6.01. The molecule has 118 valence electrons. The Morgan fingerprint density at radius 3 is 2.25 bits per heavy atom. The Morgan fingerprint density at radius 1 is 0.958 bits per heavy atom. The predicted molar refractivity (Wildman–Crippen MR) is 95.6 cm³/mol. The minimum absolute atomic E-state index is 0.358. The molecule has 2 aromatic heterocycles. The van der Waals surface area contributed by atoms with Crippen molar-refractivity contribution in [3.8, 4) is 28.3 Å². The highest BCUT2D eigenvalue weighted by Crippen LogP contribution is 2.30. The molecule has 4 aromatic rings. The summed E-state index contributed by atoms with van der Waals surface area (Å²) in [5.41, 5.74) is 3.54. The Labute approximate surface area is 143 Å². The zero-order valence-electron chi connectivity index (χ0n) is 12.6. The summed E-state index contributed by atoms with van der Waals surface area (Å²) in [7, 11) is 0. The van der Waals surface area contributed by atoms with Gasteiger partial charge in [0.1, 0.15) is 5.69 Å². The molecule has 0 aliphatic rings. The van der Waals surface area contributed by atoms with Crippen LogP contribution in [0.5, 0.6) is 0 Å². The van der Waals surface area contributed by atoms with Crippen LogP contribution < -0.4 is 5.84 Å². The molecule has 0 fully saturated rings. The minimum atomic E-state index is 0.358. The Balaban J connectivity index is 1.96. The maximum atomic E-state index is 6.01. The van der Waals surface area contributed by atoms with Crippen molar-refractivity contribution in [2.45, 2.75) is 0 Å². The molecule has 2 aromatic carbocycles. The van der Waals surface area contributed by atoms with Crippen molar-refractivity contribution in [2.75, 3.05) is 5.84 Å². The Hall–Kier alpha value is -3.19. The number of hydrogen-bond donors (Lipinski definition) is 2. The summed E-state index contributed by atoms with van der Waals surface area (Å²) in [6, 6.07) is 19.8. The second-order valence-electron chi connectivity index (χ2n) is 5.26. The summed E-state index contributed by atoms with van der Waals surface area (Å²) in [5, 5.41) is 11.7. The van der Waals surface area contributed by atoms with E-state index < -0.39 is 0 Å². The second kappa shape index (κ2) is 5.78. The van der Waals surface area contributed by atoms with Gasteiger partial charge in [0.2, 0.25) is 4.77 Å². The van der Waals surface area contributed by atoms with E-state index in [2.05, 4.69) is 10.2 Å². The van der Waals surface area contributed by atoms with Crippen LogP contribution in [0.3, 0.4) is 0 Å². The SMILES string of the molecule is Nn1c(-c2cn(-c3ccccc3)nc2-c2ccccc2)n[nH]c1=S. The molecule has 3 N–H and O–H groups in total. The molecule has 0 amide bonds. The van der Waals surface area contributed by atoms with Crippen molar-refractivity contribution >= 4 is 12.2 Å². The lowest BCUT2D eigenvalue weighted by Gasteiger charge is -2.01. The van der Waals surface area contributed by atoms with Gasteiger partial charge >= 0.3 is 0 Å². The maximum Gasteiger partial charge on any atom is 0.214 e. The minimum Gasteiger partial charge on any atom is -0.335 e. The molecule has 6 nitrogen and oxygen atoms in total. The number of nitrogens with one attached hydrogen (secondary N) is 1. The highest BCUT2D eigenvalue weighted by molar-refractivity contribution is 7.71. The molecule has 2 heterocycles. The number of nitrogen functional groups attached to an aromatic ring is 1. The summed E-state index contributed by atoms with van der Waals surface area (Å²) < 4.78 is 3.53. The van der Waals surface area contributed by atoms with E-state index in [1.165, 1.54) is 4.68 Å². The lowest BCUT2D eigenvalue weighted by atomic mass is 10.1. The van der Waals surface area contributed by atoms with E-state index in [1.54, 1.807) is 0 Å². The van der Waals surface area contributed by atoms with Gasteiger partial charge in [-0.05, 0) is 24.4 Å². The molecule has 0 radical (unpaired) electrons. The van der Waals surface area contributed by atoms with Crippen molar-refractivity contribution in [1.29, 1.82) is 0 Å². The number of rotatable bonds is 3. The van der Waals surface area contributed by atoms with Crippen LogP contribution >= 0.6 is 12.2 Å². The molecule has 7 heteroatoms. The third kappa shape index (κ3) is 2.40. The molecule has 0 aliphatic carbocycles. The van der Waals surface area contributed by atoms with Crippen molar-refractivity contribution in [3.63, 3.8) is 0 Å². The summed E-state index contributed by atoms with van der Waals surface area (Å²) in [6.07, 6.45) is 1.91. The van der Waals surface area contributed by atoms with E-state index >= 15 is 0 Å². The average molecular weight is 334 g/mol. The van der Waals surface area contributed by atoms with Crippen molar-refractivity contribution in [3.05, 3.63) is 71.6 Å². The van der Waals surface area contributed by atoms with Crippen LogP contribution in [0.1, 0.15) is 0 Å². The third-order valence-electron chi connectivity index (χ3n) is 3.73. The summed E-state index contributed by atoms with van der Waals surface area (Å²) >= 11 is 5.13. The van der Waals surface area contributed by atoms with Crippen molar-refractivity contribution < 1.29 is 0 Å². The first-order chi connectivity index (χ1) is 11.7. The largest absolute Gasteiger partial charge is 0.335 e. The van der Waals surface area contributed by atoms with Crippen molar-refractivity contribution in [1.82, 2.24) is 24.7 Å². The van der Waals surface area contributed by atoms with Gasteiger partial charge < -0.3 is 5.84 Å². The topological polar surface area (TPSA) is 77.4 Å². The van der Waals surface area contributed by atoms with Gasteiger partial charge in [0.05, 0.1) is 11.3 Å². The number of benzene rings is 2. The molecular formula is C17H14N6S. The molecule has 0 saturated carbocycles. The molecule has 0 saturated heterocycles. The van der Waals surface area contributed by atoms with Gasteiger partial charge in [-0.25, -0.2) is 14.5 Å². The number of aromatic amines is 1. The Kier molecular flexibility index (Phi) is 3.47. The first-order valence-corrected chi connectivity index (χ1v) is 7.78. The number of nitrogens with two attached hydrogens (primary N) is 1. The van der Waals surface area contributed by atoms with Crippen LogP contribution in [0.4, 0.5) is 0 Å². The molecule has 0 atom stereocenters. The van der Waals surface area contributed by atoms with E-state index in [1.807, 2.05) is 71.5 Å². The Morgan fingerprint density at radius 2 is 1.62 bits per heavy atom. The highest BCUT2D eigenvalue weighted by atomic mass is 32.1. The summed E-state index contributed by atoms with van der Waals surface area (Å²) in [6.45, 7) is 0. The van der Waals surface area contributed by atoms with Gasteiger partial charge in [-0.3, -0.25) is 0 Å². The zero-order valence-corrected chi connectivity index (χ0v) is 13.4. The lowest BCUT2D eigenvalue weighted by Crippen LogP contribution is -2.10. The molecule has 0 bridgehead atoms. The third-order valence-corrected chi connectivity index (χ3v) is 4.02. The monoisotopic (exact) mass is 334 g/mol. The molecule has 0 spiro atoms. The fourth-order valence-electron chi connectivity index (χ4n) is 2.55. The van der Waals surface area contributed by atoms with Gasteiger partial charge in [-0.2, -0.15) is 10.2 Å². The number of para-hydroxylation sites is 1. The fourth-order valence-corrected chi connectivity index (χ4v) is 2.69. The number of nitrogens with zero attached hydrogens (tertiary/aromatic N) is 4. The van der Waals surface area contributed by atoms with Crippen molar-refractivity contribution in [2.24, 2.45) is 0 Å². The average Bonchev–Trinajstić information content (AvgIpc) is 3.21. The predicted octanol–water partition coefficient (Wildman–Crippen LogP) is 3.17. The highest BCUT2D eigenvalue weighted by Gasteiger charge is 2.18. The van der Waals surface area contributed by atoms with Gasteiger partial charge in [0.15, 0.2) is 5.82 Å².